The molecule has 0 radical (unpaired) electrons. The molecule has 2 rings (SSSR count). The van der Waals surface area contributed by atoms with E-state index < -0.39 is 0 Å². The summed E-state index contributed by atoms with van der Waals surface area (Å²) < 4.78 is 8.20. The monoisotopic (exact) mass is 323 g/mol. The van der Waals surface area contributed by atoms with Crippen LogP contribution in [-0.2, 0) is 13.6 Å². The summed E-state index contributed by atoms with van der Waals surface area (Å²) >= 11 is 3.55. The number of aryl methyl sites for hydroxylation is 3. The number of hydrogen-bond donors (Lipinski definition) is 1. The minimum absolute atomic E-state index is 0.685. The molecule has 0 spiro atoms. The lowest BCUT2D eigenvalue weighted by atomic mass is 10.2. The molecule has 2 aromatic rings. The van der Waals surface area contributed by atoms with E-state index >= 15 is 0 Å². The number of ether oxygens (including phenoxy) is 1. The maximum absolute atomic E-state index is 5.39. The Morgan fingerprint density at radius 2 is 2.11 bits per heavy atom. The van der Waals surface area contributed by atoms with E-state index in [0.29, 0.717) is 6.54 Å². The number of halogens is 1. The van der Waals surface area contributed by atoms with Crippen LogP contribution in [0.25, 0.3) is 0 Å². The molecular formula is C14H18BrN3O. The SMILES string of the molecule is COc1c(CNc2cc(C)ccc2Br)c(C)nn1C. The molecule has 0 bridgehead atoms. The largest absolute Gasteiger partial charge is 0.481 e. The molecule has 19 heavy (non-hydrogen) atoms. The Morgan fingerprint density at radius 1 is 1.37 bits per heavy atom. The van der Waals surface area contributed by atoms with E-state index in [-0.39, 0.29) is 0 Å². The first-order chi connectivity index (χ1) is 9.02. The molecule has 1 N–H and O–H groups in total. The molecule has 102 valence electrons. The van der Waals surface area contributed by atoms with Gasteiger partial charge in [-0.05, 0) is 47.5 Å². The van der Waals surface area contributed by atoms with Crippen LogP contribution in [-0.4, -0.2) is 16.9 Å². The van der Waals surface area contributed by atoms with Gasteiger partial charge in [0.25, 0.3) is 0 Å². The second-order valence-electron chi connectivity index (χ2n) is 4.53. The Morgan fingerprint density at radius 3 is 2.79 bits per heavy atom. The van der Waals surface area contributed by atoms with Crippen molar-refractivity contribution in [2.75, 3.05) is 12.4 Å². The van der Waals surface area contributed by atoms with Crippen LogP contribution in [0, 0.1) is 13.8 Å². The van der Waals surface area contributed by atoms with Gasteiger partial charge in [-0.25, -0.2) is 4.68 Å². The zero-order chi connectivity index (χ0) is 14.0. The normalized spacial score (nSPS) is 10.6. The predicted octanol–water partition coefficient (Wildman–Crippen LogP) is 3.42. The summed E-state index contributed by atoms with van der Waals surface area (Å²) in [5, 5.41) is 7.79. The Bertz CT molecular complexity index is 593. The molecule has 0 saturated carbocycles. The predicted molar refractivity (Wildman–Crippen MR) is 80.7 cm³/mol. The number of aromatic nitrogens is 2. The highest BCUT2D eigenvalue weighted by Crippen LogP contribution is 2.26. The number of methoxy groups -OCH3 is 1. The number of nitrogens with zero attached hydrogens (tertiary/aromatic N) is 2. The smallest absolute Gasteiger partial charge is 0.216 e. The molecular weight excluding hydrogens is 306 g/mol. The average molecular weight is 324 g/mol. The highest BCUT2D eigenvalue weighted by atomic mass is 79.9. The second kappa shape index (κ2) is 5.65. The maximum atomic E-state index is 5.39. The van der Waals surface area contributed by atoms with Gasteiger partial charge in [0.05, 0.1) is 18.4 Å². The lowest BCUT2D eigenvalue weighted by molar-refractivity contribution is 0.370. The van der Waals surface area contributed by atoms with Gasteiger partial charge in [0.1, 0.15) is 0 Å². The van der Waals surface area contributed by atoms with Gasteiger partial charge in [-0.1, -0.05) is 6.07 Å². The summed E-state index contributed by atoms with van der Waals surface area (Å²) in [5.74, 6) is 0.800. The summed E-state index contributed by atoms with van der Waals surface area (Å²) in [7, 11) is 3.56. The van der Waals surface area contributed by atoms with Crippen molar-refractivity contribution in [2.24, 2.45) is 7.05 Å². The van der Waals surface area contributed by atoms with Gasteiger partial charge < -0.3 is 10.1 Å². The zero-order valence-electron chi connectivity index (χ0n) is 11.6. The second-order valence-corrected chi connectivity index (χ2v) is 5.39. The van der Waals surface area contributed by atoms with Gasteiger partial charge in [-0.3, -0.25) is 0 Å². The van der Waals surface area contributed by atoms with Gasteiger partial charge in [0.2, 0.25) is 5.88 Å². The first-order valence-electron chi connectivity index (χ1n) is 6.09. The molecule has 0 unspecified atom stereocenters. The average Bonchev–Trinajstić information content (AvgIpc) is 2.64. The molecule has 0 saturated heterocycles. The van der Waals surface area contributed by atoms with Crippen LogP contribution in [0.3, 0.4) is 0 Å². The van der Waals surface area contributed by atoms with E-state index in [9.17, 15) is 0 Å². The van der Waals surface area contributed by atoms with Gasteiger partial charge >= 0.3 is 0 Å². The molecule has 1 aromatic carbocycles. The highest BCUT2D eigenvalue weighted by Gasteiger charge is 2.13. The molecule has 0 amide bonds. The molecule has 0 fully saturated rings. The van der Waals surface area contributed by atoms with Crippen molar-refractivity contribution in [3.8, 4) is 5.88 Å². The molecule has 5 heteroatoms. The standard InChI is InChI=1S/C14H18BrN3O/c1-9-5-6-12(15)13(7-9)16-8-11-10(2)17-18(3)14(11)19-4/h5-7,16H,8H2,1-4H3. The molecule has 0 aliphatic heterocycles. The lowest BCUT2D eigenvalue weighted by Crippen LogP contribution is -2.03. The van der Waals surface area contributed by atoms with Crippen molar-refractivity contribution < 1.29 is 4.74 Å². The van der Waals surface area contributed by atoms with E-state index in [1.165, 1.54) is 5.56 Å². The van der Waals surface area contributed by atoms with Crippen LogP contribution in [0.15, 0.2) is 22.7 Å². The minimum Gasteiger partial charge on any atom is -0.481 e. The van der Waals surface area contributed by atoms with E-state index in [0.717, 1.165) is 27.3 Å². The van der Waals surface area contributed by atoms with E-state index in [1.807, 2.05) is 20.0 Å². The van der Waals surface area contributed by atoms with E-state index in [4.69, 9.17) is 4.74 Å². The topological polar surface area (TPSA) is 39.1 Å². The van der Waals surface area contributed by atoms with Gasteiger partial charge in [0.15, 0.2) is 0 Å². The molecule has 1 heterocycles. The first kappa shape index (κ1) is 13.9. The highest BCUT2D eigenvalue weighted by molar-refractivity contribution is 9.10. The summed E-state index contributed by atoms with van der Waals surface area (Å²) in [4.78, 5) is 0. The zero-order valence-corrected chi connectivity index (χ0v) is 13.2. The Hall–Kier alpha value is -1.49. The molecule has 0 atom stereocenters. The lowest BCUT2D eigenvalue weighted by Gasteiger charge is -2.10. The molecule has 0 aliphatic carbocycles. The quantitative estimate of drug-likeness (QED) is 0.937. The Labute approximate surface area is 121 Å². The van der Waals surface area contributed by atoms with E-state index in [1.54, 1.807) is 11.8 Å². The van der Waals surface area contributed by atoms with Gasteiger partial charge in [-0.2, -0.15) is 5.10 Å². The summed E-state index contributed by atoms with van der Waals surface area (Å²) in [6.07, 6.45) is 0. The number of nitrogens with one attached hydrogen (secondary N) is 1. The fourth-order valence-corrected chi connectivity index (χ4v) is 2.48. The minimum atomic E-state index is 0.685. The Balaban J connectivity index is 2.21. The maximum Gasteiger partial charge on any atom is 0.216 e. The third kappa shape index (κ3) is 2.92. The van der Waals surface area contributed by atoms with E-state index in [2.05, 4.69) is 45.4 Å². The van der Waals surface area contributed by atoms with Crippen LogP contribution in [0.5, 0.6) is 5.88 Å². The third-order valence-corrected chi connectivity index (χ3v) is 3.75. The number of hydrogen-bond acceptors (Lipinski definition) is 3. The van der Waals surface area contributed by atoms with Crippen LogP contribution in [0.2, 0.25) is 0 Å². The molecule has 4 nitrogen and oxygen atoms in total. The van der Waals surface area contributed by atoms with Crippen LogP contribution in [0.4, 0.5) is 5.69 Å². The summed E-state index contributed by atoms with van der Waals surface area (Å²) in [6.45, 7) is 4.75. The number of rotatable bonds is 4. The first-order valence-corrected chi connectivity index (χ1v) is 6.88. The summed E-state index contributed by atoms with van der Waals surface area (Å²) in [6, 6.07) is 6.23. The Kier molecular flexibility index (Phi) is 4.14. The number of anilines is 1. The molecule has 0 aliphatic rings. The van der Waals surface area contributed by atoms with Crippen LogP contribution < -0.4 is 10.1 Å². The van der Waals surface area contributed by atoms with Gasteiger partial charge in [-0.15, -0.1) is 0 Å². The number of benzene rings is 1. The van der Waals surface area contributed by atoms with Crippen molar-refractivity contribution in [3.63, 3.8) is 0 Å². The molecule has 1 aromatic heterocycles. The van der Waals surface area contributed by atoms with Crippen molar-refractivity contribution >= 4 is 21.6 Å². The van der Waals surface area contributed by atoms with Crippen LogP contribution >= 0.6 is 15.9 Å². The third-order valence-electron chi connectivity index (χ3n) is 3.06. The fraction of sp³-hybridized carbons (Fsp3) is 0.357. The van der Waals surface area contributed by atoms with Crippen molar-refractivity contribution in [1.29, 1.82) is 0 Å². The van der Waals surface area contributed by atoms with Crippen molar-refractivity contribution in [2.45, 2.75) is 20.4 Å². The van der Waals surface area contributed by atoms with Crippen molar-refractivity contribution in [3.05, 3.63) is 39.5 Å². The summed E-state index contributed by atoms with van der Waals surface area (Å²) in [5.41, 5.74) is 4.36. The van der Waals surface area contributed by atoms with Crippen molar-refractivity contribution in [1.82, 2.24) is 9.78 Å². The van der Waals surface area contributed by atoms with Gasteiger partial charge in [0, 0.05) is 23.8 Å². The fourth-order valence-electron chi connectivity index (χ4n) is 2.10. The van der Waals surface area contributed by atoms with Crippen LogP contribution in [0.1, 0.15) is 16.8 Å².